The molecule has 0 aromatic heterocycles. The largest absolute Gasteiger partial charge is 0.469 e. The van der Waals surface area contributed by atoms with Crippen molar-refractivity contribution in [3.63, 3.8) is 0 Å². The van der Waals surface area contributed by atoms with Crippen molar-refractivity contribution in [1.29, 1.82) is 5.26 Å². The fraction of sp³-hybridized carbons (Fsp3) is 0.500. The molecule has 0 aliphatic heterocycles. The van der Waals surface area contributed by atoms with E-state index in [1.807, 2.05) is 6.07 Å². The van der Waals surface area contributed by atoms with E-state index in [9.17, 15) is 23.6 Å². The Kier molecular flexibility index (Phi) is 6.63. The lowest BCUT2D eigenvalue weighted by Crippen LogP contribution is -2.34. The summed E-state index contributed by atoms with van der Waals surface area (Å²) in [6.07, 6.45) is -1.15. The Hall–Kier alpha value is -2.49. The van der Waals surface area contributed by atoms with Crippen molar-refractivity contribution in [2.24, 2.45) is 0 Å². The van der Waals surface area contributed by atoms with Crippen LogP contribution in [0.3, 0.4) is 0 Å². The monoisotopic (exact) mass is 353 g/mol. The first kappa shape index (κ1) is 20.6. The summed E-state index contributed by atoms with van der Waals surface area (Å²) in [7, 11) is 1.16. The van der Waals surface area contributed by atoms with E-state index in [-0.39, 0.29) is 12.8 Å². The molecule has 0 amide bonds. The van der Waals surface area contributed by atoms with Gasteiger partial charge in [-0.15, -0.1) is 0 Å². The van der Waals surface area contributed by atoms with Gasteiger partial charge in [-0.2, -0.15) is 5.26 Å². The molecular weight excluding hydrogens is 332 g/mol. The van der Waals surface area contributed by atoms with Crippen LogP contribution in [0.1, 0.15) is 45.6 Å². The molecule has 0 aliphatic rings. The molecule has 0 N–H and O–H groups in total. The van der Waals surface area contributed by atoms with Gasteiger partial charge >= 0.3 is 11.9 Å². The fourth-order valence-electron chi connectivity index (χ4n) is 2.45. The zero-order valence-electron chi connectivity index (χ0n) is 14.7. The van der Waals surface area contributed by atoms with E-state index in [1.165, 1.54) is 0 Å². The van der Waals surface area contributed by atoms with Crippen LogP contribution >= 0.6 is 0 Å². The van der Waals surface area contributed by atoms with Crippen molar-refractivity contribution < 1.29 is 27.8 Å². The number of esters is 2. The van der Waals surface area contributed by atoms with Crippen molar-refractivity contribution in [2.45, 2.75) is 51.0 Å². The molecule has 25 heavy (non-hydrogen) atoms. The number of carbonyl (C=O) groups is 2. The normalized spacial score (nSPS) is 13.5. The van der Waals surface area contributed by atoms with Crippen LogP contribution in [0.4, 0.5) is 8.78 Å². The summed E-state index contributed by atoms with van der Waals surface area (Å²) in [5.41, 5.74) is -3.26. The average molecular weight is 353 g/mol. The minimum atomic E-state index is -1.88. The number of nitriles is 1. The summed E-state index contributed by atoms with van der Waals surface area (Å²) >= 11 is 0. The quantitative estimate of drug-likeness (QED) is 0.733. The molecule has 0 heterocycles. The van der Waals surface area contributed by atoms with E-state index in [4.69, 9.17) is 4.74 Å². The number of benzene rings is 1. The highest BCUT2D eigenvalue weighted by Crippen LogP contribution is 2.37. The number of ether oxygens (including phenoxy) is 2. The molecule has 1 atom stereocenters. The topological polar surface area (TPSA) is 76.4 Å². The lowest BCUT2D eigenvalue weighted by atomic mass is 9.74. The van der Waals surface area contributed by atoms with Gasteiger partial charge in [-0.25, -0.2) is 8.78 Å². The maximum absolute atomic E-state index is 14.3. The van der Waals surface area contributed by atoms with E-state index >= 15 is 0 Å². The van der Waals surface area contributed by atoms with Gasteiger partial charge in [0.15, 0.2) is 0 Å². The van der Waals surface area contributed by atoms with Crippen LogP contribution in [0.25, 0.3) is 0 Å². The van der Waals surface area contributed by atoms with Crippen LogP contribution < -0.4 is 0 Å². The second-order valence-electron chi connectivity index (χ2n) is 6.63. The third kappa shape index (κ3) is 5.52. The molecule has 0 radical (unpaired) electrons. The van der Waals surface area contributed by atoms with Crippen molar-refractivity contribution in [3.8, 4) is 6.07 Å². The van der Waals surface area contributed by atoms with Gasteiger partial charge in [-0.05, 0) is 39.3 Å². The first-order valence-corrected chi connectivity index (χ1v) is 7.69. The van der Waals surface area contributed by atoms with Crippen LogP contribution in [0.2, 0.25) is 0 Å². The molecule has 0 bridgehead atoms. The van der Waals surface area contributed by atoms with Gasteiger partial charge in [0, 0.05) is 12.0 Å². The third-order valence-corrected chi connectivity index (χ3v) is 3.51. The number of carbonyl (C=O) groups excluding carboxylic acids is 2. The van der Waals surface area contributed by atoms with Gasteiger partial charge in [0.25, 0.3) is 0 Å². The Morgan fingerprint density at radius 2 is 1.72 bits per heavy atom. The van der Waals surface area contributed by atoms with E-state index in [0.717, 1.165) is 25.3 Å². The maximum atomic E-state index is 14.3. The number of hydrogen-bond donors (Lipinski definition) is 0. The second-order valence-corrected chi connectivity index (χ2v) is 6.63. The standard InChI is InChI=1S/C18H21F2NO4/c1-17(2,3)25-15(23)10-18(11-21,9-8-14(22)24-4)16-12(19)6-5-7-13(16)20/h5-7H,8-10H2,1-4H3. The van der Waals surface area contributed by atoms with Crippen LogP contribution in [-0.2, 0) is 24.5 Å². The van der Waals surface area contributed by atoms with Crippen LogP contribution in [-0.4, -0.2) is 24.6 Å². The van der Waals surface area contributed by atoms with E-state index < -0.39 is 46.6 Å². The summed E-state index contributed by atoms with van der Waals surface area (Å²) in [5.74, 6) is -3.37. The summed E-state index contributed by atoms with van der Waals surface area (Å²) in [5, 5.41) is 9.67. The molecule has 0 aliphatic carbocycles. The van der Waals surface area contributed by atoms with Crippen LogP contribution in [0, 0.1) is 23.0 Å². The molecule has 1 aromatic rings. The summed E-state index contributed by atoms with van der Waals surface area (Å²) in [6, 6.07) is 4.97. The average Bonchev–Trinajstić information content (AvgIpc) is 2.49. The SMILES string of the molecule is COC(=O)CCC(C#N)(CC(=O)OC(C)(C)C)c1c(F)cccc1F. The number of rotatable bonds is 6. The lowest BCUT2D eigenvalue weighted by Gasteiger charge is -2.28. The van der Waals surface area contributed by atoms with Gasteiger partial charge in [0.1, 0.15) is 17.2 Å². The molecule has 5 nitrogen and oxygen atoms in total. The molecule has 1 rings (SSSR count). The van der Waals surface area contributed by atoms with Crippen molar-refractivity contribution in [1.82, 2.24) is 0 Å². The van der Waals surface area contributed by atoms with Gasteiger partial charge in [-0.1, -0.05) is 6.07 Å². The molecule has 1 aromatic carbocycles. The van der Waals surface area contributed by atoms with Crippen molar-refractivity contribution >= 4 is 11.9 Å². The highest BCUT2D eigenvalue weighted by atomic mass is 19.1. The Morgan fingerprint density at radius 1 is 1.16 bits per heavy atom. The molecule has 136 valence electrons. The molecule has 0 saturated heterocycles. The Morgan fingerprint density at radius 3 is 2.16 bits per heavy atom. The van der Waals surface area contributed by atoms with Crippen molar-refractivity contribution in [2.75, 3.05) is 7.11 Å². The van der Waals surface area contributed by atoms with E-state index in [1.54, 1.807) is 20.8 Å². The predicted molar refractivity (Wildman–Crippen MR) is 85.4 cm³/mol. The molecule has 7 heteroatoms. The molecule has 0 fully saturated rings. The Labute approximate surface area is 145 Å². The highest BCUT2D eigenvalue weighted by Gasteiger charge is 2.41. The number of halogens is 2. The Bertz CT molecular complexity index is 671. The van der Waals surface area contributed by atoms with Gasteiger partial charge in [0.2, 0.25) is 0 Å². The molecule has 0 saturated carbocycles. The van der Waals surface area contributed by atoms with Gasteiger partial charge in [-0.3, -0.25) is 9.59 Å². The first-order valence-electron chi connectivity index (χ1n) is 7.69. The third-order valence-electron chi connectivity index (χ3n) is 3.51. The summed E-state index contributed by atoms with van der Waals surface area (Å²) < 4.78 is 38.2. The zero-order chi connectivity index (χ0) is 19.3. The molecular formula is C18H21F2NO4. The minimum absolute atomic E-state index is 0.277. The van der Waals surface area contributed by atoms with Gasteiger partial charge < -0.3 is 9.47 Å². The van der Waals surface area contributed by atoms with E-state index in [2.05, 4.69) is 4.74 Å². The van der Waals surface area contributed by atoms with Crippen LogP contribution in [0.15, 0.2) is 18.2 Å². The summed E-state index contributed by atoms with van der Waals surface area (Å²) in [6.45, 7) is 4.91. The molecule has 0 spiro atoms. The number of methoxy groups -OCH3 is 1. The first-order chi connectivity index (χ1) is 11.5. The Balaban J connectivity index is 3.32. The molecule has 1 unspecified atom stereocenters. The van der Waals surface area contributed by atoms with Crippen molar-refractivity contribution in [3.05, 3.63) is 35.4 Å². The van der Waals surface area contributed by atoms with E-state index in [0.29, 0.717) is 0 Å². The number of hydrogen-bond acceptors (Lipinski definition) is 5. The zero-order valence-corrected chi connectivity index (χ0v) is 14.7. The maximum Gasteiger partial charge on any atom is 0.308 e. The predicted octanol–water partition coefficient (Wildman–Crippen LogP) is 3.41. The summed E-state index contributed by atoms with van der Waals surface area (Å²) in [4.78, 5) is 23.7. The smallest absolute Gasteiger partial charge is 0.308 e. The fourth-order valence-corrected chi connectivity index (χ4v) is 2.45. The minimum Gasteiger partial charge on any atom is -0.469 e. The second kappa shape index (κ2) is 8.06. The lowest BCUT2D eigenvalue weighted by molar-refractivity contribution is -0.156. The van der Waals surface area contributed by atoms with Crippen LogP contribution in [0.5, 0.6) is 0 Å². The van der Waals surface area contributed by atoms with Gasteiger partial charge in [0.05, 0.1) is 25.0 Å². The highest BCUT2D eigenvalue weighted by molar-refractivity contribution is 5.74. The number of nitrogens with zero attached hydrogens (tertiary/aromatic N) is 1.